The lowest BCUT2D eigenvalue weighted by Crippen LogP contribution is -2.20. The molecule has 0 aromatic heterocycles. The van der Waals surface area contributed by atoms with Crippen LogP contribution in [0.25, 0.3) is 0 Å². The van der Waals surface area contributed by atoms with E-state index in [2.05, 4.69) is 32.6 Å². The number of rotatable bonds is 19. The maximum absolute atomic E-state index is 2.67. The molecule has 0 aromatic carbocycles. The van der Waals surface area contributed by atoms with Crippen LogP contribution in [0.2, 0.25) is 0 Å². The molecule has 0 saturated carbocycles. The molecule has 28 heavy (non-hydrogen) atoms. The second-order valence-corrected chi connectivity index (χ2v) is 10.6. The predicted molar refractivity (Wildman–Crippen MR) is 128 cm³/mol. The van der Waals surface area contributed by atoms with Crippen molar-refractivity contribution in [1.29, 1.82) is 0 Å². The summed E-state index contributed by atoms with van der Waals surface area (Å²) in [5.74, 6) is 1.01. The molecule has 1 rings (SSSR count). The Morgan fingerprint density at radius 2 is 1.18 bits per heavy atom. The van der Waals surface area contributed by atoms with E-state index >= 15 is 0 Å². The predicted octanol–water partition coefficient (Wildman–Crippen LogP) is 9.01. The molecule has 0 spiro atoms. The van der Waals surface area contributed by atoms with Gasteiger partial charge in [0.1, 0.15) is 0 Å². The minimum absolute atomic E-state index is 0.562. The Kier molecular flexibility index (Phi) is 15.5. The van der Waals surface area contributed by atoms with Gasteiger partial charge in [-0.1, -0.05) is 111 Å². The zero-order valence-corrected chi connectivity index (χ0v) is 20.4. The molecule has 0 aliphatic carbocycles. The van der Waals surface area contributed by atoms with Crippen LogP contribution >= 0.6 is 0 Å². The number of likely N-dealkylation sites (tertiary alicyclic amines) is 1. The maximum atomic E-state index is 2.67. The first-order valence-electron chi connectivity index (χ1n) is 13.3. The maximum Gasteiger partial charge on any atom is -0.00183 e. The lowest BCUT2D eigenvalue weighted by atomic mass is 9.80. The largest absolute Gasteiger partial charge is 0.303 e. The molecule has 0 amide bonds. The Labute approximate surface area is 179 Å². The van der Waals surface area contributed by atoms with E-state index in [9.17, 15) is 0 Å². The van der Waals surface area contributed by atoms with E-state index in [0.29, 0.717) is 5.41 Å². The van der Waals surface area contributed by atoms with Gasteiger partial charge >= 0.3 is 0 Å². The van der Waals surface area contributed by atoms with E-state index in [4.69, 9.17) is 0 Å². The van der Waals surface area contributed by atoms with E-state index in [1.165, 1.54) is 135 Å². The molecule has 1 fully saturated rings. The molecule has 168 valence electrons. The highest BCUT2D eigenvalue weighted by atomic mass is 15.1. The average Bonchev–Trinajstić information content (AvgIpc) is 3.18. The lowest BCUT2D eigenvalue weighted by molar-refractivity contribution is 0.264. The number of unbranched alkanes of at least 4 members (excludes halogenated alkanes) is 7. The first-order chi connectivity index (χ1) is 13.6. The summed E-state index contributed by atoms with van der Waals surface area (Å²) in [6.07, 6.45) is 26.0. The minimum Gasteiger partial charge on any atom is -0.303 e. The van der Waals surface area contributed by atoms with Crippen LogP contribution in [-0.4, -0.2) is 24.5 Å². The van der Waals surface area contributed by atoms with Gasteiger partial charge < -0.3 is 4.90 Å². The highest BCUT2D eigenvalue weighted by molar-refractivity contribution is 4.71. The van der Waals surface area contributed by atoms with Crippen molar-refractivity contribution >= 4 is 0 Å². The summed E-state index contributed by atoms with van der Waals surface area (Å²) in [4.78, 5) is 2.67. The summed E-state index contributed by atoms with van der Waals surface area (Å²) < 4.78 is 0. The van der Waals surface area contributed by atoms with E-state index in [-0.39, 0.29) is 0 Å². The van der Waals surface area contributed by atoms with Crippen molar-refractivity contribution in [3.05, 3.63) is 0 Å². The van der Waals surface area contributed by atoms with Crippen LogP contribution in [0, 0.1) is 11.3 Å². The van der Waals surface area contributed by atoms with Gasteiger partial charge in [-0.05, 0) is 63.1 Å². The summed E-state index contributed by atoms with van der Waals surface area (Å²) in [5.41, 5.74) is 0.562. The highest BCUT2D eigenvalue weighted by Crippen LogP contribution is 2.32. The van der Waals surface area contributed by atoms with Crippen molar-refractivity contribution in [2.75, 3.05) is 19.6 Å². The van der Waals surface area contributed by atoms with Crippen LogP contribution < -0.4 is 0 Å². The Morgan fingerprint density at radius 3 is 1.79 bits per heavy atom. The summed E-state index contributed by atoms with van der Waals surface area (Å²) in [5, 5.41) is 0. The smallest absolute Gasteiger partial charge is 0.00183 e. The molecule has 0 atom stereocenters. The summed E-state index contributed by atoms with van der Waals surface area (Å²) in [7, 11) is 0. The third-order valence-corrected chi connectivity index (χ3v) is 7.17. The fourth-order valence-corrected chi connectivity index (χ4v) is 5.09. The number of hydrogen-bond donors (Lipinski definition) is 0. The Bertz CT molecular complexity index is 319. The molecule has 1 aliphatic rings. The van der Waals surface area contributed by atoms with Crippen LogP contribution in [-0.2, 0) is 0 Å². The lowest BCUT2D eigenvalue weighted by Gasteiger charge is -2.26. The zero-order valence-electron chi connectivity index (χ0n) is 20.4. The van der Waals surface area contributed by atoms with Gasteiger partial charge in [0.25, 0.3) is 0 Å². The molecule has 0 bridgehead atoms. The fourth-order valence-electron chi connectivity index (χ4n) is 5.09. The fraction of sp³-hybridized carbons (Fsp3) is 1.00. The Hall–Kier alpha value is -0.0400. The Balaban J connectivity index is 2.09. The molecular weight excluding hydrogens is 338 g/mol. The van der Waals surface area contributed by atoms with E-state index in [1.54, 1.807) is 0 Å². The summed E-state index contributed by atoms with van der Waals surface area (Å²) in [6.45, 7) is 13.8. The van der Waals surface area contributed by atoms with Crippen molar-refractivity contribution < 1.29 is 0 Å². The average molecular weight is 394 g/mol. The molecule has 0 radical (unpaired) electrons. The quantitative estimate of drug-likeness (QED) is 0.198. The molecule has 1 aliphatic heterocycles. The SMILES string of the molecule is CCCCCC(CCCCC)CCCC(C)(C)CCCCCCN1CCCC1. The highest BCUT2D eigenvalue weighted by Gasteiger charge is 2.18. The second-order valence-electron chi connectivity index (χ2n) is 10.6. The van der Waals surface area contributed by atoms with Gasteiger partial charge in [-0.2, -0.15) is 0 Å². The monoisotopic (exact) mass is 393 g/mol. The van der Waals surface area contributed by atoms with Crippen molar-refractivity contribution in [1.82, 2.24) is 4.90 Å². The molecule has 0 aromatic rings. The number of nitrogens with zero attached hydrogens (tertiary/aromatic N) is 1. The van der Waals surface area contributed by atoms with Gasteiger partial charge in [0.15, 0.2) is 0 Å². The van der Waals surface area contributed by atoms with Crippen molar-refractivity contribution in [2.45, 2.75) is 143 Å². The number of hydrogen-bond acceptors (Lipinski definition) is 1. The van der Waals surface area contributed by atoms with E-state index in [1.807, 2.05) is 0 Å². The van der Waals surface area contributed by atoms with E-state index < -0.39 is 0 Å². The minimum atomic E-state index is 0.562. The van der Waals surface area contributed by atoms with Crippen molar-refractivity contribution in [3.8, 4) is 0 Å². The summed E-state index contributed by atoms with van der Waals surface area (Å²) >= 11 is 0. The molecule has 0 unspecified atom stereocenters. The Morgan fingerprint density at radius 1 is 0.643 bits per heavy atom. The van der Waals surface area contributed by atoms with Gasteiger partial charge in [0.2, 0.25) is 0 Å². The molecule has 1 heterocycles. The van der Waals surface area contributed by atoms with Crippen LogP contribution in [0.1, 0.15) is 143 Å². The van der Waals surface area contributed by atoms with E-state index in [0.717, 1.165) is 5.92 Å². The molecular formula is C27H55N. The van der Waals surface area contributed by atoms with Gasteiger partial charge in [0.05, 0.1) is 0 Å². The zero-order chi connectivity index (χ0) is 20.5. The van der Waals surface area contributed by atoms with Gasteiger partial charge in [-0.25, -0.2) is 0 Å². The van der Waals surface area contributed by atoms with Crippen molar-refractivity contribution in [2.24, 2.45) is 11.3 Å². The second kappa shape index (κ2) is 16.7. The first kappa shape index (κ1) is 26.0. The van der Waals surface area contributed by atoms with Gasteiger partial charge in [-0.3, -0.25) is 0 Å². The third-order valence-electron chi connectivity index (χ3n) is 7.17. The van der Waals surface area contributed by atoms with Gasteiger partial charge in [-0.15, -0.1) is 0 Å². The third kappa shape index (κ3) is 14.0. The van der Waals surface area contributed by atoms with Crippen LogP contribution in [0.15, 0.2) is 0 Å². The van der Waals surface area contributed by atoms with Crippen LogP contribution in [0.4, 0.5) is 0 Å². The topological polar surface area (TPSA) is 3.24 Å². The van der Waals surface area contributed by atoms with Crippen LogP contribution in [0.3, 0.4) is 0 Å². The van der Waals surface area contributed by atoms with Crippen molar-refractivity contribution in [3.63, 3.8) is 0 Å². The molecule has 1 saturated heterocycles. The van der Waals surface area contributed by atoms with Gasteiger partial charge in [0, 0.05) is 0 Å². The van der Waals surface area contributed by atoms with Crippen LogP contribution in [0.5, 0.6) is 0 Å². The molecule has 1 nitrogen and oxygen atoms in total. The summed E-state index contributed by atoms with van der Waals surface area (Å²) in [6, 6.07) is 0. The normalized spacial score (nSPS) is 15.8. The first-order valence-corrected chi connectivity index (χ1v) is 13.3. The molecule has 1 heteroatoms. The standard InChI is InChI=1S/C27H55N/c1-5-7-11-18-26(19-12-8-6-2)20-17-22-27(3,4)21-13-9-10-14-23-28-24-15-16-25-28/h26H,5-25H2,1-4H3. The molecule has 0 N–H and O–H groups in total.